The van der Waals surface area contributed by atoms with Crippen molar-refractivity contribution in [2.24, 2.45) is 5.73 Å². The zero-order valence-electron chi connectivity index (χ0n) is 6.97. The first-order valence-corrected chi connectivity index (χ1v) is 3.67. The number of hydrogen-bond donors (Lipinski definition) is 1. The number of nitrogens with two attached hydrogens (primary N) is 1. The van der Waals surface area contributed by atoms with Crippen LogP contribution in [0.25, 0.3) is 0 Å². The molecule has 0 radical (unpaired) electrons. The van der Waals surface area contributed by atoms with Crippen LogP contribution in [0.5, 0.6) is 0 Å². The lowest BCUT2D eigenvalue weighted by atomic mass is 10.2. The molecule has 0 saturated heterocycles. The molecule has 3 nitrogen and oxygen atoms in total. The molecule has 0 aliphatic carbocycles. The van der Waals surface area contributed by atoms with Crippen molar-refractivity contribution in [2.75, 3.05) is 0 Å². The lowest BCUT2D eigenvalue weighted by Gasteiger charge is -2.05. The summed E-state index contributed by atoms with van der Waals surface area (Å²) < 4.78 is 37.6. The molecule has 0 fully saturated rings. The second-order valence-corrected chi connectivity index (χ2v) is 2.47. The number of halogens is 3. The molecular weight excluding hydrogens is 195 g/mol. The number of alkyl halides is 2. The number of pyridine rings is 1. The summed E-state index contributed by atoms with van der Waals surface area (Å²) in [5, 5.41) is 8.43. The molecule has 1 aromatic heterocycles. The molecule has 14 heavy (non-hydrogen) atoms. The summed E-state index contributed by atoms with van der Waals surface area (Å²) in [6.45, 7) is -0.318. The first kappa shape index (κ1) is 10.5. The quantitative estimate of drug-likeness (QED) is 0.788. The summed E-state index contributed by atoms with van der Waals surface area (Å²) in [6.07, 6.45) is -2.98. The van der Waals surface area contributed by atoms with Crippen LogP contribution in [-0.4, -0.2) is 4.98 Å². The maximum Gasteiger partial charge on any atom is 0.266 e. The Morgan fingerprint density at radius 3 is 2.64 bits per heavy atom. The van der Waals surface area contributed by atoms with Gasteiger partial charge in [0.25, 0.3) is 6.43 Å². The Morgan fingerprint density at radius 1 is 1.57 bits per heavy atom. The molecule has 0 saturated carbocycles. The molecule has 0 atom stereocenters. The van der Waals surface area contributed by atoms with Crippen LogP contribution in [0.2, 0.25) is 0 Å². The Bertz CT molecular complexity index is 384. The monoisotopic (exact) mass is 201 g/mol. The van der Waals surface area contributed by atoms with Crippen LogP contribution in [-0.2, 0) is 6.54 Å². The third kappa shape index (κ3) is 1.83. The lowest BCUT2D eigenvalue weighted by Crippen LogP contribution is -2.08. The molecule has 0 aromatic carbocycles. The van der Waals surface area contributed by atoms with Gasteiger partial charge in [-0.25, -0.2) is 18.2 Å². The van der Waals surface area contributed by atoms with Gasteiger partial charge in [0.1, 0.15) is 11.8 Å². The highest BCUT2D eigenvalue weighted by Crippen LogP contribution is 2.23. The molecule has 6 heteroatoms. The molecule has 74 valence electrons. The summed E-state index contributed by atoms with van der Waals surface area (Å²) in [5.74, 6) is -1.14. The highest BCUT2D eigenvalue weighted by atomic mass is 19.3. The van der Waals surface area contributed by atoms with E-state index in [1.807, 2.05) is 0 Å². The molecule has 0 aliphatic heterocycles. The van der Waals surface area contributed by atoms with Gasteiger partial charge >= 0.3 is 0 Å². The molecule has 0 unspecified atom stereocenters. The second kappa shape index (κ2) is 4.07. The Morgan fingerprint density at radius 2 is 2.21 bits per heavy atom. The number of nitriles is 1. The van der Waals surface area contributed by atoms with Crippen molar-refractivity contribution in [3.8, 4) is 6.07 Å². The van der Waals surface area contributed by atoms with E-state index in [1.54, 1.807) is 6.07 Å². The van der Waals surface area contributed by atoms with Crippen molar-refractivity contribution >= 4 is 0 Å². The Hall–Kier alpha value is -1.61. The van der Waals surface area contributed by atoms with E-state index in [1.165, 1.54) is 0 Å². The summed E-state index contributed by atoms with van der Waals surface area (Å²) in [4.78, 5) is 3.46. The van der Waals surface area contributed by atoms with E-state index >= 15 is 0 Å². The summed E-state index contributed by atoms with van der Waals surface area (Å²) in [5.41, 5.74) is 3.67. The second-order valence-electron chi connectivity index (χ2n) is 2.47. The Balaban J connectivity index is 3.36. The largest absolute Gasteiger partial charge is 0.325 e. The number of hydrogen-bond acceptors (Lipinski definition) is 3. The van der Waals surface area contributed by atoms with Gasteiger partial charge in [-0.1, -0.05) is 0 Å². The molecule has 2 N–H and O–H groups in total. The highest BCUT2D eigenvalue weighted by molar-refractivity contribution is 5.31. The fourth-order valence-electron chi connectivity index (χ4n) is 0.955. The van der Waals surface area contributed by atoms with Crippen LogP contribution in [0.1, 0.15) is 23.4 Å². The summed E-state index contributed by atoms with van der Waals surface area (Å²) in [6, 6.07) is 2.28. The molecule has 1 aromatic rings. The molecule has 1 heterocycles. The first-order valence-electron chi connectivity index (χ1n) is 3.67. The minimum atomic E-state index is -2.98. The normalized spacial score (nSPS) is 10.3. The van der Waals surface area contributed by atoms with Gasteiger partial charge in [0.15, 0.2) is 5.82 Å². The highest BCUT2D eigenvalue weighted by Gasteiger charge is 2.18. The fraction of sp³-hybridized carbons (Fsp3) is 0.250. The van der Waals surface area contributed by atoms with Crippen molar-refractivity contribution in [3.05, 3.63) is 28.8 Å². The van der Waals surface area contributed by atoms with E-state index in [9.17, 15) is 13.2 Å². The van der Waals surface area contributed by atoms with Gasteiger partial charge in [-0.15, -0.1) is 0 Å². The van der Waals surface area contributed by atoms with Crippen molar-refractivity contribution in [2.45, 2.75) is 13.0 Å². The van der Waals surface area contributed by atoms with Crippen LogP contribution >= 0.6 is 0 Å². The maximum absolute atomic E-state index is 13.1. The first-order chi connectivity index (χ1) is 6.60. The van der Waals surface area contributed by atoms with Gasteiger partial charge in [-0.2, -0.15) is 5.26 Å². The molecular formula is C8H6F3N3. The minimum Gasteiger partial charge on any atom is -0.325 e. The predicted octanol–water partition coefficient (Wildman–Crippen LogP) is 1.49. The zero-order chi connectivity index (χ0) is 10.7. The number of nitrogens with zero attached hydrogens (tertiary/aromatic N) is 2. The number of rotatable bonds is 2. The lowest BCUT2D eigenvalue weighted by molar-refractivity contribution is 0.145. The van der Waals surface area contributed by atoms with Gasteiger partial charge < -0.3 is 5.73 Å². The minimum absolute atomic E-state index is 0.262. The van der Waals surface area contributed by atoms with Crippen LogP contribution in [0.15, 0.2) is 6.07 Å². The summed E-state index contributed by atoms with van der Waals surface area (Å²) in [7, 11) is 0. The van der Waals surface area contributed by atoms with Crippen molar-refractivity contribution in [3.63, 3.8) is 0 Å². The van der Waals surface area contributed by atoms with Gasteiger partial charge in [-0.3, -0.25) is 0 Å². The van der Waals surface area contributed by atoms with Crippen LogP contribution in [0, 0.1) is 17.1 Å². The van der Waals surface area contributed by atoms with Gasteiger partial charge in [0, 0.05) is 6.54 Å². The average molecular weight is 201 g/mol. The topological polar surface area (TPSA) is 62.7 Å². The van der Waals surface area contributed by atoms with E-state index in [-0.39, 0.29) is 17.9 Å². The van der Waals surface area contributed by atoms with Gasteiger partial charge in [0.2, 0.25) is 0 Å². The molecule has 0 spiro atoms. The predicted molar refractivity (Wildman–Crippen MR) is 41.8 cm³/mol. The van der Waals surface area contributed by atoms with Crippen LogP contribution in [0.3, 0.4) is 0 Å². The summed E-state index contributed by atoms with van der Waals surface area (Å²) >= 11 is 0. The Labute approximate surface area is 78.0 Å². The van der Waals surface area contributed by atoms with E-state index < -0.39 is 17.8 Å². The van der Waals surface area contributed by atoms with E-state index in [4.69, 9.17) is 11.0 Å². The Kier molecular flexibility index (Phi) is 3.04. The molecule has 0 bridgehead atoms. The third-order valence-corrected chi connectivity index (χ3v) is 1.60. The molecule has 0 aliphatic rings. The van der Waals surface area contributed by atoms with Gasteiger partial charge in [-0.05, 0) is 6.07 Å². The molecule has 0 amide bonds. The maximum atomic E-state index is 13.1. The number of aromatic nitrogens is 1. The average Bonchev–Trinajstić information content (AvgIpc) is 2.17. The molecule has 1 rings (SSSR count). The van der Waals surface area contributed by atoms with E-state index in [0.717, 1.165) is 6.07 Å². The zero-order valence-corrected chi connectivity index (χ0v) is 6.97. The van der Waals surface area contributed by atoms with Crippen molar-refractivity contribution in [1.82, 2.24) is 4.98 Å². The van der Waals surface area contributed by atoms with Crippen LogP contribution < -0.4 is 5.73 Å². The smallest absolute Gasteiger partial charge is 0.266 e. The standard InChI is InChI=1S/C8H6F3N3/c9-7-5(8(10)11)1-4(2-12)14-6(7)3-13/h1,8H,3,13H2. The SMILES string of the molecule is N#Cc1cc(C(F)F)c(F)c(CN)n1. The van der Waals surface area contributed by atoms with Crippen LogP contribution in [0.4, 0.5) is 13.2 Å². The third-order valence-electron chi connectivity index (χ3n) is 1.60. The van der Waals surface area contributed by atoms with Crippen molar-refractivity contribution < 1.29 is 13.2 Å². The van der Waals surface area contributed by atoms with Gasteiger partial charge in [0.05, 0.1) is 11.3 Å². The van der Waals surface area contributed by atoms with Crippen molar-refractivity contribution in [1.29, 1.82) is 5.26 Å². The fourth-order valence-corrected chi connectivity index (χ4v) is 0.955. The van der Waals surface area contributed by atoms with E-state index in [0.29, 0.717) is 0 Å². The van der Waals surface area contributed by atoms with E-state index in [2.05, 4.69) is 4.98 Å².